The normalized spacial score (nSPS) is 11.7. The van der Waals surface area contributed by atoms with E-state index < -0.39 is 6.10 Å². The van der Waals surface area contributed by atoms with Crippen molar-refractivity contribution in [2.45, 2.75) is 13.0 Å². The molecule has 104 valence electrons. The number of rotatable bonds is 6. The number of hydrogen-bond donors (Lipinski definition) is 2. The van der Waals surface area contributed by atoms with Crippen LogP contribution in [0, 0.1) is 0 Å². The monoisotopic (exact) mass is 266 g/mol. The molecule has 1 aromatic carbocycles. The number of amides is 2. The van der Waals surface area contributed by atoms with E-state index in [0.717, 1.165) is 0 Å². The summed E-state index contributed by atoms with van der Waals surface area (Å²) < 4.78 is 9.61. The van der Waals surface area contributed by atoms with Gasteiger partial charge in [0.1, 0.15) is 12.7 Å². The van der Waals surface area contributed by atoms with E-state index in [1.165, 1.54) is 14.2 Å². The third-order valence-corrected chi connectivity index (χ3v) is 2.43. The zero-order valence-electron chi connectivity index (χ0n) is 11.2. The summed E-state index contributed by atoms with van der Waals surface area (Å²) in [6.45, 7) is 1.67. The van der Waals surface area contributed by atoms with Crippen LogP contribution in [0.25, 0.3) is 0 Å². The fourth-order valence-electron chi connectivity index (χ4n) is 1.32. The van der Waals surface area contributed by atoms with Crippen molar-refractivity contribution in [2.75, 3.05) is 31.5 Å². The summed E-state index contributed by atoms with van der Waals surface area (Å²) in [7, 11) is 2.92. The Hall–Kier alpha value is -1.92. The second-order valence-electron chi connectivity index (χ2n) is 3.93. The van der Waals surface area contributed by atoms with Crippen LogP contribution in [0.1, 0.15) is 6.92 Å². The fraction of sp³-hybridized carbons (Fsp3) is 0.385. The summed E-state index contributed by atoms with van der Waals surface area (Å²) in [5.74, 6) is -0.453. The molecule has 6 nitrogen and oxygen atoms in total. The zero-order chi connectivity index (χ0) is 14.3. The van der Waals surface area contributed by atoms with E-state index in [-0.39, 0.29) is 18.4 Å². The van der Waals surface area contributed by atoms with Crippen LogP contribution in [0.2, 0.25) is 0 Å². The molecule has 0 radical (unpaired) electrons. The molecule has 0 bridgehead atoms. The van der Waals surface area contributed by atoms with E-state index in [2.05, 4.69) is 10.6 Å². The van der Waals surface area contributed by atoms with Crippen LogP contribution in [-0.2, 0) is 19.1 Å². The molecule has 1 aromatic rings. The lowest BCUT2D eigenvalue weighted by molar-refractivity contribution is -0.124. The summed E-state index contributed by atoms with van der Waals surface area (Å²) in [6, 6.07) is 6.78. The predicted molar refractivity (Wildman–Crippen MR) is 72.0 cm³/mol. The molecule has 0 aromatic heterocycles. The lowest BCUT2D eigenvalue weighted by atomic mass is 10.2. The number of anilines is 2. The number of methoxy groups -OCH3 is 2. The minimum atomic E-state index is -0.513. The van der Waals surface area contributed by atoms with E-state index in [1.807, 2.05) is 0 Å². The fourth-order valence-corrected chi connectivity index (χ4v) is 1.32. The Labute approximate surface area is 112 Å². The molecule has 0 aliphatic heterocycles. The van der Waals surface area contributed by atoms with Gasteiger partial charge in [0.25, 0.3) is 5.91 Å². The van der Waals surface area contributed by atoms with Crippen molar-refractivity contribution >= 4 is 23.2 Å². The molecular formula is C13H18N2O4. The first-order chi connectivity index (χ1) is 9.06. The second-order valence-corrected chi connectivity index (χ2v) is 3.93. The Balaban J connectivity index is 2.56. The van der Waals surface area contributed by atoms with Gasteiger partial charge in [-0.2, -0.15) is 0 Å². The van der Waals surface area contributed by atoms with E-state index in [0.29, 0.717) is 11.4 Å². The molecule has 2 amide bonds. The van der Waals surface area contributed by atoms with Crippen molar-refractivity contribution < 1.29 is 19.1 Å². The van der Waals surface area contributed by atoms with Crippen molar-refractivity contribution in [3.05, 3.63) is 24.3 Å². The van der Waals surface area contributed by atoms with Crippen LogP contribution in [0.15, 0.2) is 24.3 Å². The second kappa shape index (κ2) is 7.50. The van der Waals surface area contributed by atoms with Gasteiger partial charge in [0.2, 0.25) is 5.91 Å². The summed E-state index contributed by atoms with van der Waals surface area (Å²) in [5, 5.41) is 5.35. The third-order valence-electron chi connectivity index (χ3n) is 2.43. The van der Waals surface area contributed by atoms with E-state index >= 15 is 0 Å². The Kier molecular flexibility index (Phi) is 5.98. The minimum Gasteiger partial charge on any atom is -0.375 e. The van der Waals surface area contributed by atoms with Crippen LogP contribution in [0.4, 0.5) is 11.4 Å². The smallest absolute Gasteiger partial charge is 0.253 e. The number of carbonyl (C=O) groups is 2. The third kappa shape index (κ3) is 5.07. The summed E-state index contributed by atoms with van der Waals surface area (Å²) in [4.78, 5) is 22.8. The van der Waals surface area contributed by atoms with Gasteiger partial charge >= 0.3 is 0 Å². The van der Waals surface area contributed by atoms with Crippen molar-refractivity contribution in [2.24, 2.45) is 0 Å². The Bertz CT molecular complexity index is 431. The Morgan fingerprint density at radius 3 is 2.11 bits per heavy atom. The molecule has 0 fully saturated rings. The predicted octanol–water partition coefficient (Wildman–Crippen LogP) is 1.24. The lowest BCUT2D eigenvalue weighted by Crippen LogP contribution is -2.26. The highest BCUT2D eigenvalue weighted by Gasteiger charge is 2.11. The number of ether oxygens (including phenoxy) is 2. The minimum absolute atomic E-state index is 0.00381. The average molecular weight is 266 g/mol. The van der Waals surface area contributed by atoms with Crippen LogP contribution < -0.4 is 10.6 Å². The van der Waals surface area contributed by atoms with Crippen molar-refractivity contribution in [3.63, 3.8) is 0 Å². The van der Waals surface area contributed by atoms with Gasteiger partial charge in [-0.3, -0.25) is 9.59 Å². The van der Waals surface area contributed by atoms with Crippen molar-refractivity contribution in [1.29, 1.82) is 0 Å². The number of carbonyl (C=O) groups excluding carboxylic acids is 2. The van der Waals surface area contributed by atoms with Gasteiger partial charge in [-0.15, -0.1) is 0 Å². The van der Waals surface area contributed by atoms with Crippen LogP contribution in [-0.4, -0.2) is 38.7 Å². The number of nitrogens with one attached hydrogen (secondary N) is 2. The molecule has 0 saturated heterocycles. The first kappa shape index (κ1) is 15.1. The molecule has 0 aliphatic carbocycles. The van der Waals surface area contributed by atoms with Gasteiger partial charge in [-0.1, -0.05) is 0 Å². The maximum atomic E-state index is 11.6. The van der Waals surface area contributed by atoms with Gasteiger partial charge in [0, 0.05) is 25.6 Å². The standard InChI is InChI=1S/C13H18N2O4/c1-9(19-3)13(17)15-11-6-4-10(5-7-11)14-12(16)8-18-2/h4-7,9H,8H2,1-3H3,(H,14,16)(H,15,17). The van der Waals surface area contributed by atoms with Gasteiger partial charge in [0.15, 0.2) is 0 Å². The molecule has 6 heteroatoms. The maximum Gasteiger partial charge on any atom is 0.253 e. The molecular weight excluding hydrogens is 248 g/mol. The molecule has 0 spiro atoms. The van der Waals surface area contributed by atoms with E-state index in [1.54, 1.807) is 31.2 Å². The quantitative estimate of drug-likeness (QED) is 0.812. The van der Waals surface area contributed by atoms with E-state index in [9.17, 15) is 9.59 Å². The average Bonchev–Trinajstić information content (AvgIpc) is 2.40. The van der Waals surface area contributed by atoms with E-state index in [4.69, 9.17) is 9.47 Å². The Morgan fingerprint density at radius 2 is 1.63 bits per heavy atom. The number of hydrogen-bond acceptors (Lipinski definition) is 4. The topological polar surface area (TPSA) is 76.7 Å². The highest BCUT2D eigenvalue weighted by Crippen LogP contribution is 2.14. The highest BCUT2D eigenvalue weighted by atomic mass is 16.5. The summed E-state index contributed by atoms with van der Waals surface area (Å²) in [6.07, 6.45) is -0.513. The largest absolute Gasteiger partial charge is 0.375 e. The maximum absolute atomic E-state index is 11.6. The zero-order valence-corrected chi connectivity index (χ0v) is 11.2. The molecule has 2 N–H and O–H groups in total. The molecule has 19 heavy (non-hydrogen) atoms. The van der Waals surface area contributed by atoms with Crippen LogP contribution >= 0.6 is 0 Å². The number of benzene rings is 1. The SMILES string of the molecule is COCC(=O)Nc1ccc(NC(=O)C(C)OC)cc1. The molecule has 1 unspecified atom stereocenters. The summed E-state index contributed by atoms with van der Waals surface area (Å²) >= 11 is 0. The summed E-state index contributed by atoms with van der Waals surface area (Å²) in [5.41, 5.74) is 1.28. The van der Waals surface area contributed by atoms with Gasteiger partial charge in [-0.25, -0.2) is 0 Å². The molecule has 0 saturated carbocycles. The molecule has 0 heterocycles. The molecule has 1 atom stereocenters. The highest BCUT2D eigenvalue weighted by molar-refractivity contribution is 5.95. The molecule has 1 rings (SSSR count). The first-order valence-corrected chi connectivity index (χ1v) is 5.79. The van der Waals surface area contributed by atoms with Gasteiger partial charge in [-0.05, 0) is 31.2 Å². The molecule has 0 aliphatic rings. The van der Waals surface area contributed by atoms with Crippen molar-refractivity contribution in [3.8, 4) is 0 Å². The van der Waals surface area contributed by atoms with Crippen molar-refractivity contribution in [1.82, 2.24) is 0 Å². The Morgan fingerprint density at radius 1 is 1.11 bits per heavy atom. The lowest BCUT2D eigenvalue weighted by Gasteiger charge is -2.11. The van der Waals surface area contributed by atoms with Crippen LogP contribution in [0.5, 0.6) is 0 Å². The van der Waals surface area contributed by atoms with Gasteiger partial charge in [0.05, 0.1) is 0 Å². The van der Waals surface area contributed by atoms with Gasteiger partial charge < -0.3 is 20.1 Å². The van der Waals surface area contributed by atoms with Crippen LogP contribution in [0.3, 0.4) is 0 Å². The first-order valence-electron chi connectivity index (χ1n) is 5.79.